The first-order valence-electron chi connectivity index (χ1n) is 10.4. The molecule has 160 valence electrons. The molecule has 28 heavy (non-hydrogen) atoms. The first-order valence-corrected chi connectivity index (χ1v) is 10.4. The minimum absolute atomic E-state index is 0.176. The molecule has 0 fully saturated rings. The van der Waals surface area contributed by atoms with Gasteiger partial charge in [-0.3, -0.25) is 0 Å². The van der Waals surface area contributed by atoms with Gasteiger partial charge in [0.25, 0.3) is 0 Å². The highest BCUT2D eigenvalue weighted by molar-refractivity contribution is 6.14. The number of amides is 4. The van der Waals surface area contributed by atoms with Crippen molar-refractivity contribution in [2.75, 3.05) is 31.1 Å². The van der Waals surface area contributed by atoms with Gasteiger partial charge in [-0.1, -0.05) is 59.7 Å². The van der Waals surface area contributed by atoms with E-state index in [9.17, 15) is 9.59 Å². The van der Waals surface area contributed by atoms with Crippen molar-refractivity contribution in [3.63, 3.8) is 0 Å². The van der Waals surface area contributed by atoms with Crippen LogP contribution in [0.3, 0.4) is 0 Å². The number of para-hydroxylation sites is 1. The topological polar surface area (TPSA) is 78.7 Å². The highest BCUT2D eigenvalue weighted by atomic mass is 16.2. The molecule has 0 aliphatic heterocycles. The fourth-order valence-corrected chi connectivity index (χ4v) is 2.96. The number of anilines is 1. The summed E-state index contributed by atoms with van der Waals surface area (Å²) in [6.45, 7) is 19.4. The molecule has 0 radical (unpaired) electrons. The number of primary amides is 1. The van der Waals surface area contributed by atoms with E-state index < -0.39 is 6.03 Å². The number of urea groups is 2. The Kier molecular flexibility index (Phi) is 12.2. The molecule has 0 atom stereocenters. The van der Waals surface area contributed by atoms with Crippen LogP contribution in [0.2, 0.25) is 0 Å². The number of benzene rings is 1. The van der Waals surface area contributed by atoms with Crippen molar-refractivity contribution in [3.05, 3.63) is 29.3 Å². The number of nitrogens with zero attached hydrogens (tertiary/aromatic N) is 2. The minimum atomic E-state index is -0.739. The van der Waals surface area contributed by atoms with Crippen molar-refractivity contribution < 1.29 is 9.59 Å². The van der Waals surface area contributed by atoms with E-state index in [0.717, 1.165) is 29.1 Å². The lowest BCUT2D eigenvalue weighted by molar-refractivity contribution is 0.208. The highest BCUT2D eigenvalue weighted by Gasteiger charge is 2.30. The summed E-state index contributed by atoms with van der Waals surface area (Å²) in [5.74, 6) is 0.352. The molecule has 0 aliphatic carbocycles. The number of nitrogens with two attached hydrogens (primary N) is 1. The standard InChI is InChI=1S/C18H29N3O2.C4H11N/c1-7-20(8-2)18(23)21(17(19)22)16-14(12(3)4)10-9-11-15(16)13(5)6;1-3-5-4-2/h9-13H,7-8H2,1-6H3,(H2,19,22);5H,3-4H2,1-2H3. The van der Waals surface area contributed by atoms with Crippen molar-refractivity contribution in [3.8, 4) is 0 Å². The van der Waals surface area contributed by atoms with E-state index in [2.05, 4.69) is 19.2 Å². The number of imide groups is 1. The van der Waals surface area contributed by atoms with Gasteiger partial charge in [-0.05, 0) is 49.9 Å². The summed E-state index contributed by atoms with van der Waals surface area (Å²) in [6.07, 6.45) is 0. The fourth-order valence-electron chi connectivity index (χ4n) is 2.96. The number of nitrogens with one attached hydrogen (secondary N) is 1. The van der Waals surface area contributed by atoms with E-state index in [4.69, 9.17) is 5.73 Å². The van der Waals surface area contributed by atoms with Crippen LogP contribution < -0.4 is 16.0 Å². The van der Waals surface area contributed by atoms with Gasteiger partial charge in [0.05, 0.1) is 5.69 Å². The van der Waals surface area contributed by atoms with Gasteiger partial charge in [0.1, 0.15) is 0 Å². The molecule has 0 aliphatic rings. The average Bonchev–Trinajstić information content (AvgIpc) is 2.63. The Morgan fingerprint density at radius 2 is 1.36 bits per heavy atom. The third-order valence-corrected chi connectivity index (χ3v) is 4.51. The predicted octanol–water partition coefficient (Wildman–Crippen LogP) is 4.90. The molecule has 0 heterocycles. The second-order valence-corrected chi connectivity index (χ2v) is 7.18. The lowest BCUT2D eigenvalue weighted by atomic mass is 9.92. The number of carbonyl (C=O) groups excluding carboxylic acids is 2. The third-order valence-electron chi connectivity index (χ3n) is 4.51. The lowest BCUT2D eigenvalue weighted by Gasteiger charge is -2.31. The number of rotatable bonds is 7. The Balaban J connectivity index is 0.00000129. The van der Waals surface area contributed by atoms with E-state index in [-0.39, 0.29) is 17.9 Å². The van der Waals surface area contributed by atoms with Crippen LogP contribution in [-0.2, 0) is 0 Å². The number of hydrogen-bond acceptors (Lipinski definition) is 3. The van der Waals surface area contributed by atoms with Crippen molar-refractivity contribution >= 4 is 17.7 Å². The Labute approximate surface area is 171 Å². The smallest absolute Gasteiger partial charge is 0.332 e. The lowest BCUT2D eigenvalue weighted by Crippen LogP contribution is -2.49. The van der Waals surface area contributed by atoms with Crippen LogP contribution in [0.1, 0.15) is 78.4 Å². The van der Waals surface area contributed by atoms with E-state index >= 15 is 0 Å². The van der Waals surface area contributed by atoms with Crippen LogP contribution >= 0.6 is 0 Å². The van der Waals surface area contributed by atoms with Gasteiger partial charge in [-0.2, -0.15) is 0 Å². The maximum Gasteiger partial charge on any atom is 0.332 e. The van der Waals surface area contributed by atoms with Crippen molar-refractivity contribution in [1.82, 2.24) is 10.2 Å². The summed E-state index contributed by atoms with van der Waals surface area (Å²) >= 11 is 0. The first kappa shape index (κ1) is 25.9. The van der Waals surface area contributed by atoms with Gasteiger partial charge in [0, 0.05) is 13.1 Å². The van der Waals surface area contributed by atoms with Crippen molar-refractivity contribution in [2.45, 2.75) is 67.2 Å². The Morgan fingerprint density at radius 3 is 1.61 bits per heavy atom. The van der Waals surface area contributed by atoms with Crippen molar-refractivity contribution in [1.29, 1.82) is 0 Å². The van der Waals surface area contributed by atoms with Crippen LogP contribution in [0.25, 0.3) is 0 Å². The molecule has 0 bridgehead atoms. The summed E-state index contributed by atoms with van der Waals surface area (Å²) in [7, 11) is 0. The molecule has 4 amide bonds. The molecule has 1 rings (SSSR count). The van der Waals surface area contributed by atoms with Crippen molar-refractivity contribution in [2.24, 2.45) is 5.73 Å². The van der Waals surface area contributed by atoms with Gasteiger partial charge in [0.2, 0.25) is 0 Å². The Hall–Kier alpha value is -2.08. The van der Waals surface area contributed by atoms with Gasteiger partial charge in [-0.15, -0.1) is 0 Å². The molecule has 0 unspecified atom stereocenters. The molecule has 0 spiro atoms. The Morgan fingerprint density at radius 1 is 0.929 bits per heavy atom. The maximum absolute atomic E-state index is 12.8. The summed E-state index contributed by atoms with van der Waals surface area (Å²) < 4.78 is 0. The van der Waals surface area contributed by atoms with E-state index in [0.29, 0.717) is 18.8 Å². The quantitative estimate of drug-likeness (QED) is 0.693. The molecular formula is C22H40N4O2. The summed E-state index contributed by atoms with van der Waals surface area (Å²) in [6, 6.07) is 4.78. The van der Waals surface area contributed by atoms with E-state index in [1.54, 1.807) is 4.90 Å². The zero-order valence-corrected chi connectivity index (χ0v) is 19.0. The SMILES string of the molecule is CCN(CC)C(=O)N(C(N)=O)c1c(C(C)C)cccc1C(C)C.CCNCC. The monoisotopic (exact) mass is 392 g/mol. The minimum Gasteiger partial charge on any atom is -0.351 e. The summed E-state index contributed by atoms with van der Waals surface area (Å²) in [5, 5.41) is 3.11. The fraction of sp³-hybridized carbons (Fsp3) is 0.636. The van der Waals surface area contributed by atoms with Gasteiger partial charge in [-0.25, -0.2) is 14.5 Å². The van der Waals surface area contributed by atoms with Gasteiger partial charge < -0.3 is 16.0 Å². The second-order valence-electron chi connectivity index (χ2n) is 7.18. The maximum atomic E-state index is 12.8. The molecule has 1 aromatic rings. The zero-order valence-electron chi connectivity index (χ0n) is 19.0. The molecule has 6 heteroatoms. The molecule has 0 aromatic heterocycles. The third kappa shape index (κ3) is 7.15. The van der Waals surface area contributed by atoms with Crippen LogP contribution in [0, 0.1) is 0 Å². The predicted molar refractivity (Wildman–Crippen MR) is 119 cm³/mol. The zero-order chi connectivity index (χ0) is 21.9. The van der Waals surface area contributed by atoms with Crippen LogP contribution in [0.15, 0.2) is 18.2 Å². The molecule has 6 nitrogen and oxygen atoms in total. The average molecular weight is 393 g/mol. The van der Waals surface area contributed by atoms with E-state index in [1.807, 2.05) is 59.7 Å². The molecule has 0 saturated heterocycles. The van der Waals surface area contributed by atoms with Crippen LogP contribution in [0.4, 0.5) is 15.3 Å². The molecule has 3 N–H and O–H groups in total. The highest BCUT2D eigenvalue weighted by Crippen LogP contribution is 2.35. The summed E-state index contributed by atoms with van der Waals surface area (Å²) in [5.41, 5.74) is 8.14. The molecular weight excluding hydrogens is 352 g/mol. The van der Waals surface area contributed by atoms with Crippen LogP contribution in [0.5, 0.6) is 0 Å². The number of hydrogen-bond donors (Lipinski definition) is 2. The first-order chi connectivity index (χ1) is 13.2. The molecule has 1 aromatic carbocycles. The normalized spacial score (nSPS) is 10.5. The largest absolute Gasteiger partial charge is 0.351 e. The van der Waals surface area contributed by atoms with Crippen LogP contribution in [-0.4, -0.2) is 43.1 Å². The number of carbonyl (C=O) groups is 2. The molecule has 0 saturated carbocycles. The Bertz CT molecular complexity index is 582. The van der Waals surface area contributed by atoms with E-state index in [1.165, 1.54) is 0 Å². The second kappa shape index (κ2) is 13.2. The summed E-state index contributed by atoms with van der Waals surface area (Å²) in [4.78, 5) is 27.7. The van der Waals surface area contributed by atoms with Gasteiger partial charge >= 0.3 is 12.1 Å². The van der Waals surface area contributed by atoms with Gasteiger partial charge in [0.15, 0.2) is 0 Å².